The molecule has 0 spiro atoms. The summed E-state index contributed by atoms with van der Waals surface area (Å²) >= 11 is 3.31. The zero-order valence-electron chi connectivity index (χ0n) is 10.6. The molecular formula is C14H11BrN2O3. The Hall–Kier alpha value is -2.21. The molecule has 0 bridgehead atoms. The molecule has 0 unspecified atom stereocenters. The average Bonchev–Trinajstić information content (AvgIpc) is 2.41. The fraction of sp³-hybridized carbons (Fsp3) is 0.0714. The Balaban J connectivity index is 2.25. The molecule has 0 saturated heterocycles. The van der Waals surface area contributed by atoms with E-state index in [-0.39, 0.29) is 17.3 Å². The number of hydrogen-bond acceptors (Lipinski definition) is 3. The van der Waals surface area contributed by atoms with Gasteiger partial charge in [0, 0.05) is 16.2 Å². The van der Waals surface area contributed by atoms with Crippen LogP contribution in [0.15, 0.2) is 41.0 Å². The lowest BCUT2D eigenvalue weighted by atomic mass is 10.1. The van der Waals surface area contributed by atoms with Crippen LogP contribution in [0.2, 0.25) is 0 Å². The lowest BCUT2D eigenvalue weighted by Gasteiger charge is -2.08. The van der Waals surface area contributed by atoms with Crippen LogP contribution in [0.5, 0.6) is 0 Å². The second kappa shape index (κ2) is 5.83. The highest BCUT2D eigenvalue weighted by Gasteiger charge is 2.11. The Morgan fingerprint density at radius 2 is 2.00 bits per heavy atom. The first kappa shape index (κ1) is 14.2. The van der Waals surface area contributed by atoms with Crippen LogP contribution in [0.4, 0.5) is 5.82 Å². The molecule has 0 fully saturated rings. The third kappa shape index (κ3) is 3.21. The third-order valence-electron chi connectivity index (χ3n) is 2.69. The Kier molecular flexibility index (Phi) is 4.14. The van der Waals surface area contributed by atoms with E-state index in [0.717, 1.165) is 10.0 Å². The molecule has 1 amide bonds. The van der Waals surface area contributed by atoms with Gasteiger partial charge in [-0.1, -0.05) is 22.0 Å². The van der Waals surface area contributed by atoms with Gasteiger partial charge in [-0.15, -0.1) is 0 Å². The molecule has 5 nitrogen and oxygen atoms in total. The van der Waals surface area contributed by atoms with Crippen molar-refractivity contribution < 1.29 is 14.7 Å². The Morgan fingerprint density at radius 1 is 1.25 bits per heavy atom. The van der Waals surface area contributed by atoms with Crippen molar-refractivity contribution in [2.24, 2.45) is 0 Å². The van der Waals surface area contributed by atoms with Gasteiger partial charge in [-0.3, -0.25) is 4.79 Å². The molecule has 1 heterocycles. The van der Waals surface area contributed by atoms with Crippen LogP contribution in [0.25, 0.3) is 0 Å². The van der Waals surface area contributed by atoms with Gasteiger partial charge < -0.3 is 10.4 Å². The number of nitrogens with one attached hydrogen (secondary N) is 1. The summed E-state index contributed by atoms with van der Waals surface area (Å²) in [5.41, 5.74) is 1.39. The van der Waals surface area contributed by atoms with Gasteiger partial charge in [0.25, 0.3) is 5.91 Å². The standard InChI is InChI=1S/C14H11BrN2O3/c1-8-2-3-10(15)7-11(8)13(18)17-12-6-9(14(19)20)4-5-16-12/h2-7H,1H3,(H,19,20)(H,16,17,18). The van der Waals surface area contributed by atoms with Crippen LogP contribution in [-0.2, 0) is 0 Å². The molecule has 20 heavy (non-hydrogen) atoms. The van der Waals surface area contributed by atoms with E-state index in [1.165, 1.54) is 18.3 Å². The predicted molar refractivity (Wildman–Crippen MR) is 78.0 cm³/mol. The van der Waals surface area contributed by atoms with Gasteiger partial charge in [-0.05, 0) is 36.8 Å². The van der Waals surface area contributed by atoms with E-state index in [1.807, 2.05) is 19.1 Å². The van der Waals surface area contributed by atoms with Crippen molar-refractivity contribution in [3.8, 4) is 0 Å². The van der Waals surface area contributed by atoms with Crippen LogP contribution in [0.1, 0.15) is 26.3 Å². The maximum atomic E-state index is 12.1. The fourth-order valence-electron chi connectivity index (χ4n) is 1.65. The van der Waals surface area contributed by atoms with E-state index in [4.69, 9.17) is 5.11 Å². The van der Waals surface area contributed by atoms with E-state index in [9.17, 15) is 9.59 Å². The molecule has 2 rings (SSSR count). The highest BCUT2D eigenvalue weighted by Crippen LogP contribution is 2.17. The molecule has 0 aliphatic heterocycles. The zero-order chi connectivity index (χ0) is 14.7. The molecule has 0 aliphatic carbocycles. The van der Waals surface area contributed by atoms with Gasteiger partial charge in [-0.25, -0.2) is 9.78 Å². The van der Waals surface area contributed by atoms with Gasteiger partial charge in [0.15, 0.2) is 0 Å². The summed E-state index contributed by atoms with van der Waals surface area (Å²) in [4.78, 5) is 26.9. The van der Waals surface area contributed by atoms with Crippen molar-refractivity contribution >= 4 is 33.6 Å². The summed E-state index contributed by atoms with van der Waals surface area (Å²) in [5, 5.41) is 11.5. The number of halogens is 1. The van der Waals surface area contributed by atoms with Crippen molar-refractivity contribution in [3.63, 3.8) is 0 Å². The molecule has 0 saturated carbocycles. The number of amides is 1. The van der Waals surface area contributed by atoms with Crippen molar-refractivity contribution in [1.82, 2.24) is 4.98 Å². The number of benzene rings is 1. The minimum atomic E-state index is -1.07. The van der Waals surface area contributed by atoms with Crippen molar-refractivity contribution in [2.45, 2.75) is 6.92 Å². The van der Waals surface area contributed by atoms with E-state index in [2.05, 4.69) is 26.2 Å². The van der Waals surface area contributed by atoms with Crippen LogP contribution in [0, 0.1) is 6.92 Å². The first-order valence-electron chi connectivity index (χ1n) is 5.74. The summed E-state index contributed by atoms with van der Waals surface area (Å²) in [6.45, 7) is 1.82. The van der Waals surface area contributed by atoms with E-state index >= 15 is 0 Å². The third-order valence-corrected chi connectivity index (χ3v) is 3.19. The highest BCUT2D eigenvalue weighted by molar-refractivity contribution is 9.10. The number of rotatable bonds is 3. The lowest BCUT2D eigenvalue weighted by Crippen LogP contribution is -2.14. The average molecular weight is 335 g/mol. The number of carbonyl (C=O) groups excluding carboxylic acids is 1. The lowest BCUT2D eigenvalue weighted by molar-refractivity contribution is 0.0696. The van der Waals surface area contributed by atoms with Crippen molar-refractivity contribution in [2.75, 3.05) is 5.32 Å². The summed E-state index contributed by atoms with van der Waals surface area (Å²) in [6, 6.07) is 8.04. The Labute approximate surface area is 123 Å². The molecule has 1 aromatic heterocycles. The number of carbonyl (C=O) groups is 2. The van der Waals surface area contributed by atoms with Crippen LogP contribution in [-0.4, -0.2) is 22.0 Å². The number of carboxylic acid groups (broad SMARTS) is 1. The second-order valence-electron chi connectivity index (χ2n) is 4.15. The van der Waals surface area contributed by atoms with Crippen molar-refractivity contribution in [3.05, 3.63) is 57.7 Å². The minimum absolute atomic E-state index is 0.0706. The second-order valence-corrected chi connectivity index (χ2v) is 5.06. The molecule has 1 aromatic carbocycles. The number of aryl methyl sites for hydroxylation is 1. The highest BCUT2D eigenvalue weighted by atomic mass is 79.9. The van der Waals surface area contributed by atoms with Gasteiger partial charge in [0.2, 0.25) is 0 Å². The molecule has 6 heteroatoms. The molecular weight excluding hydrogens is 324 g/mol. The number of hydrogen-bond donors (Lipinski definition) is 2. The molecule has 2 aromatic rings. The van der Waals surface area contributed by atoms with Crippen LogP contribution in [0.3, 0.4) is 0 Å². The van der Waals surface area contributed by atoms with Crippen LogP contribution < -0.4 is 5.32 Å². The Morgan fingerprint density at radius 3 is 2.70 bits per heavy atom. The van der Waals surface area contributed by atoms with Crippen LogP contribution >= 0.6 is 15.9 Å². The normalized spacial score (nSPS) is 10.1. The molecule has 102 valence electrons. The maximum Gasteiger partial charge on any atom is 0.335 e. The van der Waals surface area contributed by atoms with E-state index in [1.54, 1.807) is 6.07 Å². The smallest absolute Gasteiger partial charge is 0.335 e. The fourth-order valence-corrected chi connectivity index (χ4v) is 2.02. The predicted octanol–water partition coefficient (Wildman–Crippen LogP) is 3.10. The van der Waals surface area contributed by atoms with E-state index < -0.39 is 5.97 Å². The number of carboxylic acids is 1. The topological polar surface area (TPSA) is 79.3 Å². The largest absolute Gasteiger partial charge is 0.478 e. The number of aromatic carboxylic acids is 1. The number of aromatic nitrogens is 1. The zero-order valence-corrected chi connectivity index (χ0v) is 12.1. The summed E-state index contributed by atoms with van der Waals surface area (Å²) < 4.78 is 0.792. The molecule has 2 N–H and O–H groups in total. The van der Waals surface area contributed by atoms with Gasteiger partial charge in [0.1, 0.15) is 5.82 Å². The number of pyridine rings is 1. The van der Waals surface area contributed by atoms with Crippen molar-refractivity contribution in [1.29, 1.82) is 0 Å². The maximum absolute atomic E-state index is 12.1. The summed E-state index contributed by atoms with van der Waals surface area (Å²) in [5.74, 6) is -1.20. The molecule has 0 aliphatic rings. The molecule has 0 radical (unpaired) electrons. The summed E-state index contributed by atoms with van der Waals surface area (Å²) in [6.07, 6.45) is 1.34. The molecule has 0 atom stereocenters. The van der Waals surface area contributed by atoms with Gasteiger partial charge in [0.05, 0.1) is 5.56 Å². The quantitative estimate of drug-likeness (QED) is 0.903. The first-order chi connectivity index (χ1) is 9.47. The number of nitrogens with zero attached hydrogens (tertiary/aromatic N) is 1. The Bertz CT molecular complexity index is 686. The summed E-state index contributed by atoms with van der Waals surface area (Å²) in [7, 11) is 0. The minimum Gasteiger partial charge on any atom is -0.478 e. The number of anilines is 1. The van der Waals surface area contributed by atoms with Gasteiger partial charge in [-0.2, -0.15) is 0 Å². The van der Waals surface area contributed by atoms with E-state index in [0.29, 0.717) is 5.56 Å². The van der Waals surface area contributed by atoms with Gasteiger partial charge >= 0.3 is 5.97 Å². The SMILES string of the molecule is Cc1ccc(Br)cc1C(=O)Nc1cc(C(=O)O)ccn1. The first-order valence-corrected chi connectivity index (χ1v) is 6.53. The monoisotopic (exact) mass is 334 g/mol.